The van der Waals surface area contributed by atoms with Crippen molar-refractivity contribution in [3.63, 3.8) is 0 Å². The van der Waals surface area contributed by atoms with Crippen LogP contribution in [-0.2, 0) is 4.79 Å². The van der Waals surface area contributed by atoms with Crippen LogP contribution in [0.5, 0.6) is 5.75 Å². The Morgan fingerprint density at radius 3 is 2.43 bits per heavy atom. The van der Waals surface area contributed by atoms with Crippen molar-refractivity contribution in [1.29, 1.82) is 0 Å². The topological polar surface area (TPSA) is 87.7 Å². The molecule has 1 N–H and O–H groups in total. The van der Waals surface area contributed by atoms with Gasteiger partial charge in [0.05, 0.1) is 6.10 Å². The molecule has 0 spiro atoms. The summed E-state index contributed by atoms with van der Waals surface area (Å²) < 4.78 is 5.61. The fourth-order valence-corrected chi connectivity index (χ4v) is 2.97. The van der Waals surface area contributed by atoms with E-state index >= 15 is 0 Å². The molecule has 0 radical (unpaired) electrons. The molecule has 0 bridgehead atoms. The summed E-state index contributed by atoms with van der Waals surface area (Å²) in [4.78, 5) is 36.0. The van der Waals surface area contributed by atoms with Crippen molar-refractivity contribution in [3.05, 3.63) is 41.9 Å². The molecule has 3 rings (SSSR count). The van der Waals surface area contributed by atoms with E-state index < -0.39 is 0 Å². The smallest absolute Gasteiger partial charge is 0.274 e. The highest BCUT2D eigenvalue weighted by atomic mass is 16.5. The Morgan fingerprint density at radius 1 is 1.14 bits per heavy atom. The molecule has 148 valence electrons. The van der Waals surface area contributed by atoms with Gasteiger partial charge in [0, 0.05) is 37.9 Å². The molecule has 1 aliphatic heterocycles. The van der Waals surface area contributed by atoms with E-state index in [0.717, 1.165) is 12.2 Å². The maximum Gasteiger partial charge on any atom is 0.274 e. The molecule has 2 heterocycles. The third kappa shape index (κ3) is 4.97. The summed E-state index contributed by atoms with van der Waals surface area (Å²) in [5.41, 5.74) is 0.973. The van der Waals surface area contributed by atoms with Gasteiger partial charge in [-0.2, -0.15) is 0 Å². The van der Waals surface area contributed by atoms with Crippen LogP contribution in [0.1, 0.15) is 30.2 Å². The lowest BCUT2D eigenvalue weighted by Crippen LogP contribution is -2.46. The van der Waals surface area contributed by atoms with Crippen molar-refractivity contribution in [2.24, 2.45) is 0 Å². The molecule has 28 heavy (non-hydrogen) atoms. The summed E-state index contributed by atoms with van der Waals surface area (Å²) in [7, 11) is 0. The summed E-state index contributed by atoms with van der Waals surface area (Å²) >= 11 is 0. The lowest BCUT2D eigenvalue weighted by molar-refractivity contribution is -0.118. The minimum absolute atomic E-state index is 0.0938. The van der Waals surface area contributed by atoms with Crippen LogP contribution in [0.2, 0.25) is 0 Å². The van der Waals surface area contributed by atoms with Gasteiger partial charge in [-0.15, -0.1) is 0 Å². The number of anilines is 2. The van der Waals surface area contributed by atoms with Crippen LogP contribution >= 0.6 is 0 Å². The van der Waals surface area contributed by atoms with Gasteiger partial charge < -0.3 is 19.9 Å². The van der Waals surface area contributed by atoms with E-state index in [1.54, 1.807) is 30.0 Å². The summed E-state index contributed by atoms with van der Waals surface area (Å²) in [5, 5.41) is 2.85. The molecule has 0 saturated carbocycles. The van der Waals surface area contributed by atoms with Gasteiger partial charge in [0.2, 0.25) is 6.41 Å². The van der Waals surface area contributed by atoms with Gasteiger partial charge in [0.1, 0.15) is 23.1 Å². The highest BCUT2D eigenvalue weighted by molar-refractivity contribution is 6.03. The molecule has 1 aromatic carbocycles. The first-order chi connectivity index (χ1) is 13.4. The Hall–Kier alpha value is -3.16. The number of benzene rings is 1. The lowest BCUT2D eigenvalue weighted by Gasteiger charge is -2.33. The van der Waals surface area contributed by atoms with Gasteiger partial charge in [-0.05, 0) is 45.0 Å². The largest absolute Gasteiger partial charge is 0.491 e. The zero-order valence-electron chi connectivity index (χ0n) is 16.4. The average Bonchev–Trinajstić information content (AvgIpc) is 2.68. The molecule has 8 heteroatoms. The number of ether oxygens (including phenoxy) is 1. The van der Waals surface area contributed by atoms with Gasteiger partial charge in [-0.1, -0.05) is 0 Å². The Kier molecular flexibility index (Phi) is 6.08. The van der Waals surface area contributed by atoms with Crippen LogP contribution in [0, 0.1) is 6.92 Å². The van der Waals surface area contributed by atoms with Crippen LogP contribution in [0.4, 0.5) is 11.5 Å². The number of nitrogens with one attached hydrogen (secondary N) is 1. The first-order valence-electron chi connectivity index (χ1n) is 9.32. The summed E-state index contributed by atoms with van der Waals surface area (Å²) in [5.74, 6) is 1.68. The predicted octanol–water partition coefficient (Wildman–Crippen LogP) is 2.10. The molecule has 1 aromatic heterocycles. The van der Waals surface area contributed by atoms with E-state index in [0.29, 0.717) is 49.2 Å². The second-order valence-electron chi connectivity index (χ2n) is 6.93. The maximum absolute atomic E-state index is 12.7. The molecule has 2 aromatic rings. The van der Waals surface area contributed by atoms with Crippen molar-refractivity contribution >= 4 is 23.8 Å². The van der Waals surface area contributed by atoms with Crippen LogP contribution in [0.3, 0.4) is 0 Å². The third-order valence-electron chi connectivity index (χ3n) is 4.33. The first kappa shape index (κ1) is 19.6. The van der Waals surface area contributed by atoms with Crippen LogP contribution in [0.15, 0.2) is 30.3 Å². The molecule has 8 nitrogen and oxygen atoms in total. The molecule has 0 unspecified atom stereocenters. The number of aryl methyl sites for hydroxylation is 1. The van der Waals surface area contributed by atoms with Gasteiger partial charge in [0.15, 0.2) is 0 Å². The third-order valence-corrected chi connectivity index (χ3v) is 4.33. The molecule has 1 fully saturated rings. The quantitative estimate of drug-likeness (QED) is 0.769. The second kappa shape index (κ2) is 8.69. The summed E-state index contributed by atoms with van der Waals surface area (Å²) in [6.45, 7) is 8.31. The van der Waals surface area contributed by atoms with Gasteiger partial charge in [-0.3, -0.25) is 9.59 Å². The second-order valence-corrected chi connectivity index (χ2v) is 6.93. The fraction of sp³-hybridized carbons (Fsp3) is 0.400. The van der Waals surface area contributed by atoms with Crippen molar-refractivity contribution < 1.29 is 14.3 Å². The van der Waals surface area contributed by atoms with Gasteiger partial charge >= 0.3 is 0 Å². The van der Waals surface area contributed by atoms with Crippen molar-refractivity contribution in [2.75, 3.05) is 36.4 Å². The lowest BCUT2D eigenvalue weighted by atomic mass is 10.2. The summed E-state index contributed by atoms with van der Waals surface area (Å²) in [6.07, 6.45) is 0.954. The number of carbonyl (C=O) groups is 2. The van der Waals surface area contributed by atoms with Crippen molar-refractivity contribution in [3.8, 4) is 5.75 Å². The normalized spacial score (nSPS) is 14.1. The zero-order chi connectivity index (χ0) is 20.1. The standard InChI is InChI=1S/C20H25N5O3/c1-14(2)28-17-6-4-16(5-7-17)23-20(27)18-12-19(22-15(3)21-18)25-10-8-24(13-26)9-11-25/h4-7,12-14H,8-11H2,1-3H3,(H,23,27). The number of amides is 2. The fourth-order valence-electron chi connectivity index (χ4n) is 2.97. The number of hydrogen-bond donors (Lipinski definition) is 1. The summed E-state index contributed by atoms with van der Waals surface area (Å²) in [6, 6.07) is 8.92. The van der Waals surface area contributed by atoms with E-state index in [1.807, 2.05) is 26.0 Å². The van der Waals surface area contributed by atoms with Gasteiger partial charge in [-0.25, -0.2) is 9.97 Å². The molecular formula is C20H25N5O3. The number of rotatable bonds is 6. The van der Waals surface area contributed by atoms with Crippen LogP contribution in [0.25, 0.3) is 0 Å². The number of piperazine rings is 1. The monoisotopic (exact) mass is 383 g/mol. The van der Waals surface area contributed by atoms with Crippen molar-refractivity contribution in [1.82, 2.24) is 14.9 Å². The molecular weight excluding hydrogens is 358 g/mol. The molecule has 1 aliphatic rings. The number of hydrogen-bond acceptors (Lipinski definition) is 6. The van der Waals surface area contributed by atoms with Crippen LogP contribution in [-0.4, -0.2) is 59.5 Å². The Bertz CT molecular complexity index is 830. The van der Waals surface area contributed by atoms with E-state index in [-0.39, 0.29) is 12.0 Å². The highest BCUT2D eigenvalue weighted by Crippen LogP contribution is 2.19. The highest BCUT2D eigenvalue weighted by Gasteiger charge is 2.19. The number of nitrogens with zero attached hydrogens (tertiary/aromatic N) is 4. The first-order valence-corrected chi connectivity index (χ1v) is 9.32. The molecule has 0 aliphatic carbocycles. The maximum atomic E-state index is 12.7. The Labute approximate surface area is 164 Å². The van der Waals surface area contributed by atoms with E-state index in [2.05, 4.69) is 20.2 Å². The Morgan fingerprint density at radius 2 is 1.82 bits per heavy atom. The van der Waals surface area contributed by atoms with Gasteiger partial charge in [0.25, 0.3) is 5.91 Å². The zero-order valence-corrected chi connectivity index (χ0v) is 16.4. The average molecular weight is 383 g/mol. The minimum atomic E-state index is -0.296. The van der Waals surface area contributed by atoms with E-state index in [1.165, 1.54) is 0 Å². The molecule has 1 saturated heterocycles. The van der Waals surface area contributed by atoms with Crippen molar-refractivity contribution in [2.45, 2.75) is 26.9 Å². The van der Waals surface area contributed by atoms with E-state index in [9.17, 15) is 9.59 Å². The predicted molar refractivity (Wildman–Crippen MR) is 107 cm³/mol. The molecule has 0 atom stereocenters. The number of aromatic nitrogens is 2. The molecule has 2 amide bonds. The number of carbonyl (C=O) groups excluding carboxylic acids is 2. The minimum Gasteiger partial charge on any atom is -0.491 e. The van der Waals surface area contributed by atoms with Crippen LogP contribution < -0.4 is 15.0 Å². The SMILES string of the molecule is Cc1nc(C(=O)Nc2ccc(OC(C)C)cc2)cc(N2CCN(C=O)CC2)n1. The van der Waals surface area contributed by atoms with E-state index in [4.69, 9.17) is 4.74 Å². The Balaban J connectivity index is 1.70.